The van der Waals surface area contributed by atoms with Gasteiger partial charge in [0.1, 0.15) is 30.3 Å². The zero-order valence-electron chi connectivity index (χ0n) is 17.5. The Hall–Kier alpha value is -3.17. The highest BCUT2D eigenvalue weighted by Gasteiger charge is 2.26. The highest BCUT2D eigenvalue weighted by Crippen LogP contribution is 2.32. The maximum Gasteiger partial charge on any atom is 0.307 e. The molecule has 0 saturated carbocycles. The number of carbonyl (C=O) groups is 1. The number of aromatic nitrogens is 2. The van der Waals surface area contributed by atoms with Crippen molar-refractivity contribution in [2.45, 2.75) is 18.9 Å². The fourth-order valence-corrected chi connectivity index (χ4v) is 3.68. The first-order chi connectivity index (χ1) is 15.4. The van der Waals surface area contributed by atoms with Crippen molar-refractivity contribution in [1.29, 1.82) is 0 Å². The Morgan fingerprint density at radius 2 is 2.19 bits per heavy atom. The van der Waals surface area contributed by atoms with Gasteiger partial charge in [0.15, 0.2) is 0 Å². The highest BCUT2D eigenvalue weighted by atomic mass is 35.5. The second-order valence-corrected chi connectivity index (χ2v) is 8.01. The minimum Gasteiger partial charge on any atom is -0.491 e. The molecule has 0 radical (unpaired) electrons. The van der Waals surface area contributed by atoms with Gasteiger partial charge in [-0.05, 0) is 37.7 Å². The van der Waals surface area contributed by atoms with Crippen LogP contribution in [-0.4, -0.2) is 53.7 Å². The van der Waals surface area contributed by atoms with E-state index in [9.17, 15) is 9.18 Å². The molecule has 1 saturated heterocycles. The molecule has 0 amide bonds. The Kier molecular flexibility index (Phi) is 6.57. The molecule has 168 valence electrons. The summed E-state index contributed by atoms with van der Waals surface area (Å²) in [4.78, 5) is 21.9. The number of benzene rings is 2. The first kappa shape index (κ1) is 22.0. The molecule has 1 atom stereocenters. The van der Waals surface area contributed by atoms with E-state index in [-0.39, 0.29) is 17.0 Å². The van der Waals surface area contributed by atoms with Crippen LogP contribution in [0.3, 0.4) is 0 Å². The number of nitrogens with two attached hydrogens (primary N) is 1. The monoisotopic (exact) mass is 459 g/mol. The summed E-state index contributed by atoms with van der Waals surface area (Å²) in [6.07, 6.45) is 2.62. The Labute approximate surface area is 189 Å². The predicted molar refractivity (Wildman–Crippen MR) is 121 cm³/mol. The van der Waals surface area contributed by atoms with Gasteiger partial charge in [-0.1, -0.05) is 11.6 Å². The highest BCUT2D eigenvalue weighted by molar-refractivity contribution is 6.31. The summed E-state index contributed by atoms with van der Waals surface area (Å²) in [6.45, 7) is 1.67. The third-order valence-electron chi connectivity index (χ3n) is 5.32. The first-order valence-electron chi connectivity index (χ1n) is 10.2. The molecular weight excluding hydrogens is 437 g/mol. The molecular formula is C22H23ClFN5O3. The van der Waals surface area contributed by atoms with Crippen LogP contribution in [0.25, 0.3) is 10.9 Å². The number of nitrogens with zero attached hydrogens (tertiary/aromatic N) is 3. The van der Waals surface area contributed by atoms with Gasteiger partial charge < -0.3 is 20.5 Å². The van der Waals surface area contributed by atoms with Gasteiger partial charge in [-0.25, -0.2) is 14.4 Å². The van der Waals surface area contributed by atoms with E-state index in [0.717, 1.165) is 13.0 Å². The van der Waals surface area contributed by atoms with Crippen molar-refractivity contribution in [3.8, 4) is 5.75 Å². The first-order valence-corrected chi connectivity index (χ1v) is 10.5. The maximum atomic E-state index is 13.4. The number of cyclic esters (lactones) is 1. The van der Waals surface area contributed by atoms with Crippen molar-refractivity contribution >= 4 is 45.7 Å². The minimum atomic E-state index is -0.493. The molecule has 1 aromatic heterocycles. The van der Waals surface area contributed by atoms with Crippen LogP contribution in [0.4, 0.5) is 21.6 Å². The number of rotatable bonds is 8. The summed E-state index contributed by atoms with van der Waals surface area (Å²) in [5.41, 5.74) is 7.90. The molecule has 3 aromatic rings. The summed E-state index contributed by atoms with van der Waals surface area (Å²) in [5, 5.41) is 3.83. The van der Waals surface area contributed by atoms with Gasteiger partial charge in [-0.2, -0.15) is 0 Å². The van der Waals surface area contributed by atoms with E-state index in [1.165, 1.54) is 18.5 Å². The van der Waals surface area contributed by atoms with Crippen molar-refractivity contribution in [2.75, 3.05) is 37.9 Å². The number of ether oxygens (including phenoxy) is 2. The molecule has 1 aliphatic rings. The molecule has 1 fully saturated rings. The zero-order chi connectivity index (χ0) is 22.7. The minimum absolute atomic E-state index is 0.0151. The zero-order valence-corrected chi connectivity index (χ0v) is 18.2. The third-order valence-corrected chi connectivity index (χ3v) is 5.61. The standard InChI is InChI=1S/C22H23ClFN5O3/c1-29(14-8-21(30)32-11-14)5-2-6-31-20-10-19-15(9-18(20)25)22(27-12-26-19)28-13-3-4-17(24)16(23)7-13/h3-4,7,9-10,12,14H,2,5-6,8,11,25H2,1H3,(H,26,27,28). The molecule has 1 unspecified atom stereocenters. The van der Waals surface area contributed by atoms with Crippen LogP contribution >= 0.6 is 11.6 Å². The van der Waals surface area contributed by atoms with E-state index < -0.39 is 5.82 Å². The average molecular weight is 460 g/mol. The van der Waals surface area contributed by atoms with Gasteiger partial charge in [0.05, 0.1) is 35.3 Å². The molecule has 3 N–H and O–H groups in total. The topological polar surface area (TPSA) is 103 Å². The summed E-state index contributed by atoms with van der Waals surface area (Å²) in [6, 6.07) is 7.96. The lowest BCUT2D eigenvalue weighted by Gasteiger charge is -2.21. The van der Waals surface area contributed by atoms with Crippen LogP contribution in [0, 0.1) is 5.82 Å². The lowest BCUT2D eigenvalue weighted by Crippen LogP contribution is -2.33. The second kappa shape index (κ2) is 9.54. The number of carbonyl (C=O) groups excluding carboxylic acids is 1. The molecule has 0 bridgehead atoms. The summed E-state index contributed by atoms with van der Waals surface area (Å²) >= 11 is 5.86. The summed E-state index contributed by atoms with van der Waals surface area (Å²) in [7, 11) is 1.97. The van der Waals surface area contributed by atoms with E-state index in [4.69, 9.17) is 26.8 Å². The Morgan fingerprint density at radius 3 is 2.94 bits per heavy atom. The number of halogens is 2. The molecule has 0 aliphatic carbocycles. The molecule has 4 rings (SSSR count). The molecule has 2 heterocycles. The number of nitrogen functional groups attached to an aromatic ring is 1. The molecule has 1 aliphatic heterocycles. The number of hydrogen-bond donors (Lipinski definition) is 2. The maximum absolute atomic E-state index is 13.4. The van der Waals surface area contributed by atoms with Crippen LogP contribution in [0.1, 0.15) is 12.8 Å². The predicted octanol–water partition coefficient (Wildman–Crippen LogP) is 3.76. The summed E-state index contributed by atoms with van der Waals surface area (Å²) < 4.78 is 24.3. The second-order valence-electron chi connectivity index (χ2n) is 7.61. The summed E-state index contributed by atoms with van der Waals surface area (Å²) in [5.74, 6) is 0.410. The van der Waals surface area contributed by atoms with Gasteiger partial charge in [0, 0.05) is 23.7 Å². The molecule has 32 heavy (non-hydrogen) atoms. The van der Waals surface area contributed by atoms with Gasteiger partial charge in [-0.15, -0.1) is 0 Å². The lowest BCUT2D eigenvalue weighted by molar-refractivity contribution is -0.137. The van der Waals surface area contributed by atoms with Crippen molar-refractivity contribution in [3.05, 3.63) is 47.5 Å². The van der Waals surface area contributed by atoms with Gasteiger partial charge >= 0.3 is 5.97 Å². The lowest BCUT2D eigenvalue weighted by atomic mass is 10.2. The van der Waals surface area contributed by atoms with Gasteiger partial charge in [0.25, 0.3) is 0 Å². The third kappa shape index (κ3) is 5.00. The number of hydrogen-bond acceptors (Lipinski definition) is 8. The SMILES string of the molecule is CN(CCCOc1cc2ncnc(Nc3ccc(F)c(Cl)c3)c2cc1N)C1COC(=O)C1. The van der Waals surface area contributed by atoms with Crippen molar-refractivity contribution in [3.63, 3.8) is 0 Å². The normalized spacial score (nSPS) is 15.9. The van der Waals surface area contributed by atoms with E-state index >= 15 is 0 Å². The number of anilines is 3. The number of fused-ring (bicyclic) bond motifs is 1. The molecule has 2 aromatic carbocycles. The van der Waals surface area contributed by atoms with Crippen molar-refractivity contribution in [2.24, 2.45) is 0 Å². The smallest absolute Gasteiger partial charge is 0.307 e. The Bertz CT molecular complexity index is 1150. The van der Waals surface area contributed by atoms with Gasteiger partial charge in [0.2, 0.25) is 0 Å². The average Bonchev–Trinajstić information content (AvgIpc) is 3.21. The van der Waals surface area contributed by atoms with Crippen molar-refractivity contribution < 1.29 is 18.7 Å². The van der Waals surface area contributed by atoms with E-state index in [2.05, 4.69) is 20.2 Å². The number of esters is 1. The van der Waals surface area contributed by atoms with E-state index in [1.54, 1.807) is 18.2 Å². The Balaban J connectivity index is 1.41. The van der Waals surface area contributed by atoms with Crippen LogP contribution < -0.4 is 15.8 Å². The molecule has 0 spiro atoms. The van der Waals surface area contributed by atoms with E-state index in [0.29, 0.717) is 53.5 Å². The fraction of sp³-hybridized carbons (Fsp3) is 0.318. The number of likely N-dealkylation sites (N-methyl/N-ethyl adjacent to an activating group) is 1. The van der Waals surface area contributed by atoms with E-state index in [1.807, 2.05) is 7.05 Å². The van der Waals surface area contributed by atoms with Crippen LogP contribution in [0.5, 0.6) is 5.75 Å². The molecule has 8 nitrogen and oxygen atoms in total. The van der Waals surface area contributed by atoms with Crippen LogP contribution in [-0.2, 0) is 9.53 Å². The van der Waals surface area contributed by atoms with Crippen LogP contribution in [0.15, 0.2) is 36.7 Å². The fourth-order valence-electron chi connectivity index (χ4n) is 3.50. The van der Waals surface area contributed by atoms with Crippen LogP contribution in [0.2, 0.25) is 5.02 Å². The molecule has 10 heteroatoms. The van der Waals surface area contributed by atoms with Gasteiger partial charge in [-0.3, -0.25) is 9.69 Å². The largest absolute Gasteiger partial charge is 0.491 e. The quantitative estimate of drug-likeness (QED) is 0.298. The Morgan fingerprint density at radius 1 is 1.34 bits per heavy atom. The number of nitrogens with one attached hydrogen (secondary N) is 1. The van der Waals surface area contributed by atoms with Crippen molar-refractivity contribution in [1.82, 2.24) is 14.9 Å².